The molecule has 0 fully saturated rings. The van der Waals surface area contributed by atoms with Gasteiger partial charge in [-0.05, 0) is 9.95 Å². The van der Waals surface area contributed by atoms with Crippen molar-refractivity contribution >= 4 is 30.6 Å². The molecular formula is C14H11N8O2+. The van der Waals surface area contributed by atoms with Crippen LogP contribution < -0.4 is 15.7 Å². The van der Waals surface area contributed by atoms with Crippen molar-refractivity contribution in [2.45, 2.75) is 6.04 Å². The van der Waals surface area contributed by atoms with Crippen molar-refractivity contribution in [3.05, 3.63) is 46.4 Å². The Balaban J connectivity index is 1.57. The van der Waals surface area contributed by atoms with Crippen LogP contribution in [-0.4, -0.2) is 41.9 Å². The largest absolute Gasteiger partial charge is 0.436 e. The molecule has 2 aliphatic heterocycles. The first-order chi connectivity index (χ1) is 11.8. The Labute approximate surface area is 134 Å². The van der Waals surface area contributed by atoms with Gasteiger partial charge in [0.05, 0.1) is 0 Å². The third-order valence-corrected chi connectivity index (χ3v) is 3.36. The summed E-state index contributed by atoms with van der Waals surface area (Å²) in [4.78, 5) is 28.1. The van der Waals surface area contributed by atoms with E-state index in [2.05, 4.69) is 35.8 Å². The normalized spacial score (nSPS) is 18.6. The van der Waals surface area contributed by atoms with Crippen LogP contribution in [0.15, 0.2) is 64.7 Å². The van der Waals surface area contributed by atoms with E-state index in [9.17, 15) is 4.79 Å². The first-order valence-electron chi connectivity index (χ1n) is 7.00. The molecule has 0 amide bonds. The van der Waals surface area contributed by atoms with Gasteiger partial charge in [-0.15, -0.1) is 0 Å². The first-order valence-corrected chi connectivity index (χ1v) is 7.00. The number of amidine groups is 2. The maximum atomic E-state index is 11.8. The topological polar surface area (TPSA) is 124 Å². The smallest absolute Gasteiger partial charge is 0.282 e. The van der Waals surface area contributed by atoms with E-state index in [4.69, 9.17) is 4.52 Å². The summed E-state index contributed by atoms with van der Waals surface area (Å²) in [5, 5.41) is 6.58. The average Bonchev–Trinajstić information content (AvgIpc) is 3.23. The van der Waals surface area contributed by atoms with E-state index < -0.39 is 11.7 Å². The lowest BCUT2D eigenvalue weighted by atomic mass is 10.2. The Morgan fingerprint density at radius 1 is 1.25 bits per heavy atom. The summed E-state index contributed by atoms with van der Waals surface area (Å²) in [5.41, 5.74) is 3.18. The summed E-state index contributed by atoms with van der Waals surface area (Å²) >= 11 is 0. The highest BCUT2D eigenvalue weighted by molar-refractivity contribution is 6.19. The lowest BCUT2D eigenvalue weighted by Crippen LogP contribution is -2.39. The summed E-state index contributed by atoms with van der Waals surface area (Å²) in [5.74, 6) is 1.02. The second kappa shape index (κ2) is 5.83. The van der Waals surface area contributed by atoms with Gasteiger partial charge in [0.15, 0.2) is 17.7 Å². The number of benzene rings is 1. The third kappa shape index (κ3) is 2.45. The third-order valence-electron chi connectivity index (χ3n) is 3.36. The lowest BCUT2D eigenvalue weighted by molar-refractivity contribution is -0.671. The maximum absolute atomic E-state index is 11.8. The van der Waals surface area contributed by atoms with Crippen LogP contribution in [0.4, 0.5) is 0 Å². The molecule has 0 spiro atoms. The maximum Gasteiger partial charge on any atom is 0.436 e. The number of hydrazone groups is 1. The van der Waals surface area contributed by atoms with Crippen molar-refractivity contribution in [2.75, 3.05) is 0 Å². The van der Waals surface area contributed by atoms with Crippen LogP contribution in [0.25, 0.3) is 5.69 Å². The molecular weight excluding hydrogens is 312 g/mol. The predicted molar refractivity (Wildman–Crippen MR) is 87.2 cm³/mol. The summed E-state index contributed by atoms with van der Waals surface area (Å²) in [6, 6.07) is 8.84. The Kier molecular flexibility index (Phi) is 3.39. The minimum absolute atomic E-state index is 0.225. The standard InChI is InChI=1S/C14H10N8O2/c23-14-10(22(21-24-14)9-4-2-1-3-5-9)6-19-20-13-11-12(16-7-15-11)17-8-18-13/h1-8,11,21H/p+1. The highest BCUT2D eigenvalue weighted by Crippen LogP contribution is 2.07. The van der Waals surface area contributed by atoms with Gasteiger partial charge in [-0.2, -0.15) is 5.10 Å². The molecule has 1 atom stereocenters. The Morgan fingerprint density at radius 2 is 2.12 bits per heavy atom. The molecule has 1 aromatic carbocycles. The molecule has 0 aliphatic carbocycles. The molecule has 0 bridgehead atoms. The zero-order valence-electron chi connectivity index (χ0n) is 12.2. The lowest BCUT2D eigenvalue weighted by Gasteiger charge is -2.12. The molecule has 24 heavy (non-hydrogen) atoms. The number of nitrogens with zero attached hydrogens (tertiary/aromatic N) is 6. The van der Waals surface area contributed by atoms with Crippen molar-refractivity contribution in [1.82, 2.24) is 10.7 Å². The molecule has 1 unspecified atom stereocenters. The number of fused-ring (bicyclic) bond motifs is 1. The van der Waals surface area contributed by atoms with Crippen LogP contribution in [0.1, 0.15) is 5.69 Å². The molecule has 3 heterocycles. The molecule has 10 heteroatoms. The van der Waals surface area contributed by atoms with Crippen LogP contribution in [0, 0.1) is 0 Å². The fourth-order valence-corrected chi connectivity index (χ4v) is 2.22. The number of hydrogen-bond acceptors (Lipinski definition) is 8. The van der Waals surface area contributed by atoms with Gasteiger partial charge in [0.25, 0.3) is 0 Å². The highest BCUT2D eigenvalue weighted by Gasteiger charge is 2.26. The molecule has 4 rings (SSSR count). The summed E-state index contributed by atoms with van der Waals surface area (Å²) in [6.07, 6.45) is 4.14. The second-order valence-corrected chi connectivity index (χ2v) is 4.82. The average molecular weight is 323 g/mol. The molecule has 0 saturated heterocycles. The zero-order chi connectivity index (χ0) is 16.4. The SMILES string of the molecule is O=c1o[nH][n+](-c2ccccc2)c1/C=N/NC1=NC=NC2=NC=NC21. The molecule has 0 saturated carbocycles. The Hall–Kier alpha value is -3.69. The monoisotopic (exact) mass is 323 g/mol. The highest BCUT2D eigenvalue weighted by atomic mass is 16.5. The molecule has 0 radical (unpaired) electrons. The van der Waals surface area contributed by atoms with Crippen LogP contribution >= 0.6 is 0 Å². The summed E-state index contributed by atoms with van der Waals surface area (Å²) in [7, 11) is 0. The van der Waals surface area contributed by atoms with E-state index in [0.29, 0.717) is 11.7 Å². The van der Waals surface area contributed by atoms with Crippen molar-refractivity contribution in [3.8, 4) is 5.69 Å². The number of hydrogen-bond donors (Lipinski definition) is 2. The van der Waals surface area contributed by atoms with Crippen molar-refractivity contribution < 1.29 is 9.20 Å². The van der Waals surface area contributed by atoms with Crippen molar-refractivity contribution in [3.63, 3.8) is 0 Å². The molecule has 2 N–H and O–H groups in total. The van der Waals surface area contributed by atoms with Crippen LogP contribution in [0.3, 0.4) is 0 Å². The molecule has 10 nitrogen and oxygen atoms in total. The number of para-hydroxylation sites is 1. The minimum atomic E-state index is -0.544. The quantitative estimate of drug-likeness (QED) is 0.446. The van der Waals surface area contributed by atoms with E-state index in [1.165, 1.54) is 23.6 Å². The van der Waals surface area contributed by atoms with Crippen LogP contribution in [0.5, 0.6) is 0 Å². The number of aromatic amines is 1. The molecule has 1 aromatic heterocycles. The van der Waals surface area contributed by atoms with Gasteiger partial charge in [0.1, 0.15) is 18.9 Å². The number of aromatic nitrogens is 2. The van der Waals surface area contributed by atoms with Crippen LogP contribution in [0.2, 0.25) is 0 Å². The van der Waals surface area contributed by atoms with Gasteiger partial charge in [0, 0.05) is 12.1 Å². The van der Waals surface area contributed by atoms with E-state index >= 15 is 0 Å². The van der Waals surface area contributed by atoms with E-state index in [0.717, 1.165) is 5.69 Å². The first kappa shape index (κ1) is 13.9. The summed E-state index contributed by atoms with van der Waals surface area (Å²) in [6.45, 7) is 0. The number of rotatable bonds is 3. The van der Waals surface area contributed by atoms with Crippen molar-refractivity contribution in [2.24, 2.45) is 25.1 Å². The van der Waals surface area contributed by atoms with Gasteiger partial charge < -0.3 is 0 Å². The second-order valence-electron chi connectivity index (χ2n) is 4.82. The van der Waals surface area contributed by atoms with Crippen molar-refractivity contribution in [1.29, 1.82) is 0 Å². The van der Waals surface area contributed by atoms with Gasteiger partial charge in [-0.3, -0.25) is 14.9 Å². The van der Waals surface area contributed by atoms with Gasteiger partial charge in [0.2, 0.25) is 5.69 Å². The fraction of sp³-hybridized carbons (Fsp3) is 0.0714. The number of H-pyrrole nitrogens is 1. The number of aliphatic imine (C=N–C) groups is 4. The minimum Gasteiger partial charge on any atom is -0.282 e. The summed E-state index contributed by atoms with van der Waals surface area (Å²) < 4.78 is 6.32. The van der Waals surface area contributed by atoms with Gasteiger partial charge >= 0.3 is 11.3 Å². The number of nitrogens with one attached hydrogen (secondary N) is 2. The zero-order valence-corrected chi connectivity index (χ0v) is 12.2. The molecule has 118 valence electrons. The fourth-order valence-electron chi connectivity index (χ4n) is 2.22. The van der Waals surface area contributed by atoms with Gasteiger partial charge in [-0.1, -0.05) is 18.2 Å². The predicted octanol–water partition coefficient (Wildman–Crippen LogP) is -0.583. The Morgan fingerprint density at radius 3 is 3.00 bits per heavy atom. The van der Waals surface area contributed by atoms with Crippen LogP contribution in [-0.2, 0) is 0 Å². The van der Waals surface area contributed by atoms with E-state index in [1.807, 2.05) is 30.3 Å². The Bertz CT molecular complexity index is 964. The molecule has 2 aliphatic rings. The van der Waals surface area contributed by atoms with E-state index in [-0.39, 0.29) is 5.69 Å². The van der Waals surface area contributed by atoms with Gasteiger partial charge in [-0.25, -0.2) is 19.8 Å². The molecule has 2 aromatic rings. The van der Waals surface area contributed by atoms with E-state index in [1.54, 1.807) is 0 Å².